The van der Waals surface area contributed by atoms with Gasteiger partial charge in [0.05, 0.1) is 0 Å². The molecule has 0 saturated carbocycles. The van der Waals surface area contributed by atoms with E-state index in [2.05, 4.69) is 36.4 Å². The molecule has 0 aliphatic heterocycles. The highest BCUT2D eigenvalue weighted by molar-refractivity contribution is 5.91. The smallest absolute Gasteiger partial charge is 0.331 e. The predicted molar refractivity (Wildman–Crippen MR) is 76.0 cm³/mol. The Morgan fingerprint density at radius 1 is 1.11 bits per heavy atom. The van der Waals surface area contributed by atoms with Crippen molar-refractivity contribution in [2.45, 2.75) is 13.3 Å². The zero-order valence-corrected chi connectivity index (χ0v) is 10.7. The molecule has 0 amide bonds. The van der Waals surface area contributed by atoms with Crippen molar-refractivity contribution in [3.05, 3.63) is 64.7 Å². The van der Waals surface area contributed by atoms with E-state index in [1.807, 2.05) is 6.07 Å². The van der Waals surface area contributed by atoms with E-state index in [0.717, 1.165) is 12.0 Å². The van der Waals surface area contributed by atoms with Gasteiger partial charge in [-0.25, -0.2) is 4.79 Å². The fourth-order valence-corrected chi connectivity index (χ4v) is 2.57. The Morgan fingerprint density at radius 3 is 2.63 bits per heavy atom. The Kier molecular flexibility index (Phi) is 2.71. The van der Waals surface area contributed by atoms with Crippen molar-refractivity contribution in [1.29, 1.82) is 0 Å². The zero-order chi connectivity index (χ0) is 13.4. The van der Waals surface area contributed by atoms with E-state index in [-0.39, 0.29) is 0 Å². The molecule has 0 unspecified atom stereocenters. The monoisotopic (exact) mass is 250 g/mol. The highest BCUT2D eigenvalue weighted by Crippen LogP contribution is 2.36. The maximum absolute atomic E-state index is 10.8. The number of aliphatic carboxylic acids is 1. The molecule has 1 aliphatic carbocycles. The van der Waals surface area contributed by atoms with E-state index in [1.165, 1.54) is 22.3 Å². The molecule has 2 nitrogen and oxygen atoms in total. The maximum Gasteiger partial charge on any atom is 0.331 e. The van der Waals surface area contributed by atoms with Crippen LogP contribution in [0, 0.1) is 0 Å². The van der Waals surface area contributed by atoms with Crippen molar-refractivity contribution < 1.29 is 9.90 Å². The number of benzene rings is 2. The second-order valence-electron chi connectivity index (χ2n) is 4.88. The van der Waals surface area contributed by atoms with Crippen LogP contribution in [-0.2, 0) is 11.2 Å². The predicted octanol–water partition coefficient (Wildman–Crippen LogP) is 3.75. The maximum atomic E-state index is 10.8. The lowest BCUT2D eigenvalue weighted by molar-refractivity contribution is -0.132. The Balaban J connectivity index is 2.02. The molecular weight excluding hydrogens is 236 g/mol. The first-order valence-electron chi connectivity index (χ1n) is 6.28. The summed E-state index contributed by atoms with van der Waals surface area (Å²) in [5.41, 5.74) is 6.48. The lowest BCUT2D eigenvalue weighted by Gasteiger charge is -2.02. The normalized spacial score (nSPS) is 13.0. The van der Waals surface area contributed by atoms with Gasteiger partial charge in [0, 0.05) is 5.57 Å². The SMILES string of the molecule is C/C(=C\c1ccc2c(c1)Cc1ccccc1-2)C(=O)O. The first kappa shape index (κ1) is 11.7. The molecular formula is C17H14O2. The van der Waals surface area contributed by atoms with Crippen LogP contribution in [0.25, 0.3) is 17.2 Å². The van der Waals surface area contributed by atoms with Gasteiger partial charge in [0.2, 0.25) is 0 Å². The van der Waals surface area contributed by atoms with Gasteiger partial charge in [0.15, 0.2) is 0 Å². The van der Waals surface area contributed by atoms with E-state index in [0.29, 0.717) is 5.57 Å². The third-order valence-corrected chi connectivity index (χ3v) is 3.54. The summed E-state index contributed by atoms with van der Waals surface area (Å²) in [6.07, 6.45) is 2.64. The van der Waals surface area contributed by atoms with Crippen LogP contribution < -0.4 is 0 Å². The Labute approximate surface area is 112 Å². The number of carboxylic acids is 1. The van der Waals surface area contributed by atoms with E-state index in [1.54, 1.807) is 13.0 Å². The summed E-state index contributed by atoms with van der Waals surface area (Å²) in [6.45, 7) is 1.62. The summed E-state index contributed by atoms with van der Waals surface area (Å²) in [7, 11) is 0. The van der Waals surface area contributed by atoms with Gasteiger partial charge in [0.1, 0.15) is 0 Å². The fourth-order valence-electron chi connectivity index (χ4n) is 2.57. The molecule has 0 aromatic heterocycles. The minimum Gasteiger partial charge on any atom is -0.478 e. The number of carbonyl (C=O) groups is 1. The third-order valence-electron chi connectivity index (χ3n) is 3.54. The standard InChI is InChI=1S/C17H14O2/c1-11(17(18)19)8-12-6-7-16-14(9-12)10-13-4-2-3-5-15(13)16/h2-9H,10H2,1H3,(H,18,19)/b11-8+. The van der Waals surface area contributed by atoms with Crippen molar-refractivity contribution in [2.75, 3.05) is 0 Å². The van der Waals surface area contributed by atoms with Gasteiger partial charge < -0.3 is 5.11 Å². The summed E-state index contributed by atoms with van der Waals surface area (Å²) in [5.74, 6) is -0.871. The summed E-state index contributed by atoms with van der Waals surface area (Å²) >= 11 is 0. The topological polar surface area (TPSA) is 37.3 Å². The lowest BCUT2D eigenvalue weighted by atomic mass is 10.0. The number of hydrogen-bond donors (Lipinski definition) is 1. The van der Waals surface area contributed by atoms with Crippen molar-refractivity contribution in [1.82, 2.24) is 0 Å². The van der Waals surface area contributed by atoms with Crippen molar-refractivity contribution in [3.63, 3.8) is 0 Å². The minimum atomic E-state index is -0.871. The Morgan fingerprint density at radius 2 is 1.84 bits per heavy atom. The van der Waals surface area contributed by atoms with E-state index < -0.39 is 5.97 Å². The largest absolute Gasteiger partial charge is 0.478 e. The highest BCUT2D eigenvalue weighted by atomic mass is 16.4. The van der Waals surface area contributed by atoms with E-state index >= 15 is 0 Å². The Bertz CT molecular complexity index is 696. The zero-order valence-electron chi connectivity index (χ0n) is 10.7. The first-order chi connectivity index (χ1) is 9.15. The molecule has 94 valence electrons. The average molecular weight is 250 g/mol. The van der Waals surface area contributed by atoms with Gasteiger partial charge in [-0.15, -0.1) is 0 Å². The molecule has 2 aromatic carbocycles. The van der Waals surface area contributed by atoms with Gasteiger partial charge >= 0.3 is 5.97 Å². The fraction of sp³-hybridized carbons (Fsp3) is 0.118. The highest BCUT2D eigenvalue weighted by Gasteiger charge is 2.17. The number of carboxylic acid groups (broad SMARTS) is 1. The summed E-state index contributed by atoms with van der Waals surface area (Å²) in [6, 6.07) is 14.5. The van der Waals surface area contributed by atoms with E-state index in [4.69, 9.17) is 5.11 Å². The van der Waals surface area contributed by atoms with Gasteiger partial charge in [-0.05, 0) is 47.2 Å². The van der Waals surface area contributed by atoms with Crippen LogP contribution in [0.1, 0.15) is 23.6 Å². The second kappa shape index (κ2) is 4.39. The number of hydrogen-bond acceptors (Lipinski definition) is 1. The van der Waals surface area contributed by atoms with Crippen LogP contribution in [0.4, 0.5) is 0 Å². The number of rotatable bonds is 2. The molecule has 0 heterocycles. The van der Waals surface area contributed by atoms with Crippen LogP contribution in [0.15, 0.2) is 48.0 Å². The molecule has 0 radical (unpaired) electrons. The van der Waals surface area contributed by atoms with Crippen molar-refractivity contribution in [2.24, 2.45) is 0 Å². The molecule has 0 saturated heterocycles. The summed E-state index contributed by atoms with van der Waals surface area (Å²) in [5, 5.41) is 8.91. The number of fused-ring (bicyclic) bond motifs is 3. The Hall–Kier alpha value is -2.35. The average Bonchev–Trinajstić information content (AvgIpc) is 2.76. The van der Waals surface area contributed by atoms with Gasteiger partial charge in [-0.2, -0.15) is 0 Å². The van der Waals surface area contributed by atoms with Gasteiger partial charge in [0.25, 0.3) is 0 Å². The minimum absolute atomic E-state index is 0.357. The first-order valence-corrected chi connectivity index (χ1v) is 6.28. The molecule has 0 bridgehead atoms. The third kappa shape index (κ3) is 2.06. The molecule has 3 rings (SSSR count). The van der Waals surface area contributed by atoms with Crippen molar-refractivity contribution >= 4 is 12.0 Å². The van der Waals surface area contributed by atoms with Crippen LogP contribution >= 0.6 is 0 Å². The summed E-state index contributed by atoms with van der Waals surface area (Å²) in [4.78, 5) is 10.8. The lowest BCUT2D eigenvalue weighted by Crippen LogP contribution is -1.95. The van der Waals surface area contributed by atoms with Crippen LogP contribution in [0.3, 0.4) is 0 Å². The van der Waals surface area contributed by atoms with E-state index in [9.17, 15) is 4.79 Å². The van der Waals surface area contributed by atoms with Gasteiger partial charge in [-0.3, -0.25) is 0 Å². The quantitative estimate of drug-likeness (QED) is 0.703. The molecule has 0 atom stereocenters. The van der Waals surface area contributed by atoms with Crippen LogP contribution in [-0.4, -0.2) is 11.1 Å². The second-order valence-corrected chi connectivity index (χ2v) is 4.88. The molecule has 0 spiro atoms. The summed E-state index contributed by atoms with van der Waals surface area (Å²) < 4.78 is 0. The van der Waals surface area contributed by atoms with Crippen LogP contribution in [0.2, 0.25) is 0 Å². The molecule has 2 heteroatoms. The van der Waals surface area contributed by atoms with Gasteiger partial charge in [-0.1, -0.05) is 42.5 Å². The molecule has 1 N–H and O–H groups in total. The molecule has 2 aromatic rings. The van der Waals surface area contributed by atoms with Crippen molar-refractivity contribution in [3.8, 4) is 11.1 Å². The van der Waals surface area contributed by atoms with Crippen LogP contribution in [0.5, 0.6) is 0 Å². The molecule has 1 aliphatic rings. The molecule has 19 heavy (non-hydrogen) atoms. The molecule has 0 fully saturated rings.